The van der Waals surface area contributed by atoms with Gasteiger partial charge >= 0.3 is 11.9 Å². The smallest absolute Gasteiger partial charge is 0.339 e. The number of rotatable bonds is 9. The number of allylic oxidation sites excluding steroid dienone is 1. The fraction of sp³-hybridized carbons (Fsp3) is 0.736. The Balaban J connectivity index is 0.817. The highest BCUT2D eigenvalue weighted by atomic mass is 16.7. The molecule has 2 aromatic rings. The summed E-state index contributed by atoms with van der Waals surface area (Å²) in [5.41, 5.74) is -4.13. The average molecular weight is 1160 g/mol. The van der Waals surface area contributed by atoms with Gasteiger partial charge in [0, 0.05) is 53.7 Å². The van der Waals surface area contributed by atoms with E-state index in [0.29, 0.717) is 48.8 Å². The molecular formula is C72H86N2O11. The molecule has 28 unspecified atom stereocenters. The number of cyclic esters (lactones) is 2. The molecule has 9 saturated carbocycles. The number of carbonyl (C=O) groups is 3. The molecule has 7 aliphatic heterocycles. The second-order valence-corrected chi connectivity index (χ2v) is 31.9. The summed E-state index contributed by atoms with van der Waals surface area (Å²) >= 11 is 0. The van der Waals surface area contributed by atoms with Crippen LogP contribution in [0.1, 0.15) is 145 Å². The molecule has 17 aliphatic rings. The maximum absolute atomic E-state index is 17.7. The lowest BCUT2D eigenvalue weighted by Gasteiger charge is -2.73. The van der Waals surface area contributed by atoms with Crippen LogP contribution in [0.3, 0.4) is 0 Å². The van der Waals surface area contributed by atoms with Crippen molar-refractivity contribution >= 4 is 17.7 Å². The van der Waals surface area contributed by atoms with E-state index in [0.717, 1.165) is 128 Å². The van der Waals surface area contributed by atoms with E-state index in [2.05, 4.69) is 77.7 Å². The molecule has 5 spiro atoms. The number of carbonyl (C=O) groups excluding carboxylic acids is 3. The lowest BCUT2D eigenvalue weighted by atomic mass is 9.29. The van der Waals surface area contributed by atoms with E-state index in [1.807, 2.05) is 6.07 Å². The van der Waals surface area contributed by atoms with Crippen LogP contribution in [0.4, 0.5) is 0 Å². The van der Waals surface area contributed by atoms with Gasteiger partial charge in [-0.15, -0.1) is 5.92 Å². The first kappa shape index (κ1) is 52.6. The third-order valence-corrected chi connectivity index (χ3v) is 29.6. The summed E-state index contributed by atoms with van der Waals surface area (Å²) in [4.78, 5) is 51.9. The van der Waals surface area contributed by atoms with Gasteiger partial charge in [-0.05, 0) is 183 Å². The minimum Gasteiger partial charge on any atom is -0.469 e. The number of nitrogens with one attached hydrogen (secondary N) is 1. The Labute approximate surface area is 499 Å². The number of aliphatic hydroxyl groups excluding tert-OH is 3. The van der Waals surface area contributed by atoms with E-state index in [1.54, 1.807) is 6.26 Å². The number of hydrogen-bond donors (Lipinski definition) is 4. The Morgan fingerprint density at radius 2 is 1.78 bits per heavy atom. The van der Waals surface area contributed by atoms with E-state index in [-0.39, 0.29) is 84.1 Å². The second kappa shape index (κ2) is 17.8. The van der Waals surface area contributed by atoms with Gasteiger partial charge in [0.2, 0.25) is 0 Å². The van der Waals surface area contributed by atoms with Crippen molar-refractivity contribution in [1.29, 1.82) is 0 Å². The average Bonchev–Trinajstić information content (AvgIpc) is 1.44. The highest BCUT2D eigenvalue weighted by Crippen LogP contribution is 2.91. The quantitative estimate of drug-likeness (QED) is 0.0811. The first-order chi connectivity index (χ1) is 41.4. The van der Waals surface area contributed by atoms with Crippen molar-refractivity contribution in [2.24, 2.45) is 116 Å². The molecule has 450 valence electrons. The van der Waals surface area contributed by atoms with Crippen LogP contribution >= 0.6 is 0 Å². The van der Waals surface area contributed by atoms with Crippen molar-refractivity contribution in [2.75, 3.05) is 26.4 Å². The molecule has 10 aliphatic carbocycles. The van der Waals surface area contributed by atoms with Crippen LogP contribution in [-0.2, 0) is 46.2 Å². The van der Waals surface area contributed by atoms with Gasteiger partial charge in [0.05, 0.1) is 48.5 Å². The molecule has 0 radical (unpaired) electrons. The fourth-order valence-electron chi connectivity index (χ4n) is 27.4. The number of hydrogen-bond acceptors (Lipinski definition) is 13. The molecule has 19 rings (SSSR count). The number of esters is 2. The number of Topliss-reactive ketones (excluding diaryl/α,β-unsaturated/α-hetero) is 1. The van der Waals surface area contributed by atoms with Gasteiger partial charge in [-0.1, -0.05) is 87.4 Å². The SMILES string of the molecule is CC12CC3CC45CCC6C#CCC7CC8CCCCC8C89OC%10(C(=CC78)CC64)C5C(=O)OCC%104C9C(=O)C(O)C(C5CCCC(Cc6ccccc6)C5)(C34)C13OC3C(=O)OC2c1ccoc1CC(C(O)CO)C1CCC2C(C=CN3CNCC23)C1. The molecule has 13 nitrogen and oxygen atoms in total. The second-order valence-electron chi connectivity index (χ2n) is 31.9. The van der Waals surface area contributed by atoms with E-state index < -0.39 is 86.6 Å². The van der Waals surface area contributed by atoms with Crippen LogP contribution in [0.2, 0.25) is 0 Å². The molecule has 1 aromatic carbocycles. The summed E-state index contributed by atoms with van der Waals surface area (Å²) in [6.45, 7) is 3.81. The predicted molar refractivity (Wildman–Crippen MR) is 308 cm³/mol. The summed E-state index contributed by atoms with van der Waals surface area (Å²) in [6.07, 6.45) is 21.9. The van der Waals surface area contributed by atoms with Crippen LogP contribution in [0.25, 0.3) is 0 Å². The van der Waals surface area contributed by atoms with Crippen molar-refractivity contribution < 1.29 is 53.1 Å². The molecule has 85 heavy (non-hydrogen) atoms. The maximum Gasteiger partial charge on any atom is 0.339 e. The van der Waals surface area contributed by atoms with E-state index in [9.17, 15) is 15.3 Å². The molecule has 4 N–H and O–H groups in total. The Bertz CT molecular complexity index is 3310. The number of nitrogens with zero attached hydrogens (tertiary/aromatic N) is 1. The standard InChI is InChI=1S/C72H86N2O11/c1-66-32-45-33-67-22-19-40-13-8-14-44-28-43-12-5-6-16-51(43)70-53(44)30-47(29-52(40)67)71(85-70)60(67)64(79)82-36-68(71)58(45)69(61(78)57(77)59(68)70,46-15-7-11-39(26-46)25-38-9-3-2-4-10-38)72(66)63(84-72)65(80)83-62(66)49-21-24-81-56(49)31-50(55(76)35-75)41-17-18-48-42(27-41)20-23-74-37-73-34-54(48)74/h2-4,9-10,20-21,23-24,30,39-46,48,50-55,58-63,73,75-76,78H,5-7,11-12,14-19,22,25-29,31-37H2,1H3. The minimum atomic E-state index is -1.50. The van der Waals surface area contributed by atoms with Crippen LogP contribution in [0, 0.1) is 128 Å². The molecule has 13 heteroatoms. The van der Waals surface area contributed by atoms with Crippen LogP contribution in [0.15, 0.2) is 71.0 Å². The van der Waals surface area contributed by atoms with Gasteiger partial charge in [0.1, 0.15) is 35.8 Å². The third kappa shape index (κ3) is 6.11. The van der Waals surface area contributed by atoms with Crippen LogP contribution in [0.5, 0.6) is 0 Å². The summed E-state index contributed by atoms with van der Waals surface area (Å²) < 4.78 is 37.3. The Morgan fingerprint density at radius 3 is 2.66 bits per heavy atom. The first-order valence-corrected chi connectivity index (χ1v) is 34.1. The highest BCUT2D eigenvalue weighted by Gasteiger charge is 2.99. The van der Waals surface area contributed by atoms with Crippen LogP contribution in [-0.4, -0.2) is 106 Å². The molecule has 28 atom stereocenters. The van der Waals surface area contributed by atoms with Gasteiger partial charge in [-0.2, -0.15) is 0 Å². The van der Waals surface area contributed by atoms with E-state index in [4.69, 9.17) is 23.4 Å². The summed E-state index contributed by atoms with van der Waals surface area (Å²) in [5, 5.41) is 41.4. The number of fused-ring (bicyclic) bond motifs is 4. The molecule has 5 saturated heterocycles. The minimum absolute atomic E-state index is 0.0588. The molecular weight excluding hydrogens is 1070 g/mol. The molecule has 8 bridgehead atoms. The molecule has 8 heterocycles. The highest BCUT2D eigenvalue weighted by molar-refractivity contribution is 5.94. The number of epoxide rings is 1. The molecule has 14 fully saturated rings. The Morgan fingerprint density at radius 1 is 0.894 bits per heavy atom. The van der Waals surface area contributed by atoms with Gasteiger partial charge in [-0.25, -0.2) is 4.79 Å². The zero-order chi connectivity index (χ0) is 56.9. The van der Waals surface area contributed by atoms with Crippen molar-refractivity contribution in [3.8, 4) is 11.8 Å². The topological polar surface area (TPSA) is 181 Å². The van der Waals surface area contributed by atoms with Crippen LogP contribution < -0.4 is 5.32 Å². The Kier molecular flexibility index (Phi) is 11.0. The number of ether oxygens (including phenoxy) is 4. The monoisotopic (exact) mass is 1150 g/mol. The summed E-state index contributed by atoms with van der Waals surface area (Å²) in [5.74, 6) is 7.09. The van der Waals surface area contributed by atoms with E-state index >= 15 is 14.4 Å². The van der Waals surface area contributed by atoms with E-state index in [1.165, 1.54) is 11.1 Å². The number of aliphatic hydroxyl groups is 3. The molecule has 1 aromatic heterocycles. The first-order valence-electron chi connectivity index (χ1n) is 34.1. The lowest BCUT2D eigenvalue weighted by molar-refractivity contribution is -0.301. The van der Waals surface area contributed by atoms with Crippen molar-refractivity contribution in [3.63, 3.8) is 0 Å². The fourth-order valence-corrected chi connectivity index (χ4v) is 27.4. The van der Waals surface area contributed by atoms with Gasteiger partial charge in [-0.3, -0.25) is 14.9 Å². The van der Waals surface area contributed by atoms with Gasteiger partial charge in [0.15, 0.2) is 11.9 Å². The zero-order valence-electron chi connectivity index (χ0n) is 49.4. The summed E-state index contributed by atoms with van der Waals surface area (Å²) in [6, 6.07) is 13.2. The maximum atomic E-state index is 17.7. The van der Waals surface area contributed by atoms with Crippen molar-refractivity contribution in [2.45, 2.75) is 183 Å². The number of benzene rings is 1. The third-order valence-electron chi connectivity index (χ3n) is 29.6. The molecule has 0 amide bonds. The largest absolute Gasteiger partial charge is 0.469 e. The number of ketones is 1. The Hall–Kier alpha value is -4.29. The number of furan rings is 1. The van der Waals surface area contributed by atoms with Crippen molar-refractivity contribution in [3.05, 3.63) is 83.5 Å². The zero-order valence-corrected chi connectivity index (χ0v) is 49.4. The predicted octanol–water partition coefficient (Wildman–Crippen LogP) is 8.83. The van der Waals surface area contributed by atoms with Crippen molar-refractivity contribution in [1.82, 2.24) is 10.2 Å². The van der Waals surface area contributed by atoms with Gasteiger partial charge in [0.25, 0.3) is 0 Å². The summed E-state index contributed by atoms with van der Waals surface area (Å²) in [7, 11) is 0. The lowest BCUT2D eigenvalue weighted by Crippen LogP contribution is -2.82. The van der Waals surface area contributed by atoms with Gasteiger partial charge < -0.3 is 43.6 Å². The normalized spacial score (nSPS) is 53.3.